The van der Waals surface area contributed by atoms with Gasteiger partial charge >= 0.3 is 6.18 Å². The number of halogens is 3. The van der Waals surface area contributed by atoms with Gasteiger partial charge in [0.05, 0.1) is 29.2 Å². The standard InChI is InChI=1S/C21H17F3N6OS/c1-2-29-18-6-5-14(8-13(18)11-27-29)28-7-3-4-19(31)30(20(28)32)15-9-16(21(22,23)24)17(10-25)26-12-15/h5-6,8-9,11-12H,2-4,7H2,1H3. The Morgan fingerprint density at radius 2 is 2.00 bits per heavy atom. The summed E-state index contributed by atoms with van der Waals surface area (Å²) in [7, 11) is 0. The summed E-state index contributed by atoms with van der Waals surface area (Å²) >= 11 is 5.56. The number of rotatable bonds is 3. The van der Waals surface area contributed by atoms with Gasteiger partial charge in [0.2, 0.25) is 5.91 Å². The summed E-state index contributed by atoms with van der Waals surface area (Å²) in [4.78, 5) is 19.2. The van der Waals surface area contributed by atoms with Crippen LogP contribution in [0.25, 0.3) is 10.9 Å². The van der Waals surface area contributed by atoms with Crippen molar-refractivity contribution >= 4 is 45.5 Å². The van der Waals surface area contributed by atoms with E-state index in [1.165, 1.54) is 6.07 Å². The molecule has 1 fully saturated rings. The van der Waals surface area contributed by atoms with Crippen LogP contribution in [0.2, 0.25) is 0 Å². The molecule has 164 valence electrons. The van der Waals surface area contributed by atoms with Crippen LogP contribution in [-0.4, -0.2) is 32.3 Å². The predicted octanol–water partition coefficient (Wildman–Crippen LogP) is 4.26. The van der Waals surface area contributed by atoms with Gasteiger partial charge in [-0.15, -0.1) is 0 Å². The van der Waals surface area contributed by atoms with Crippen molar-refractivity contribution in [3.63, 3.8) is 0 Å². The van der Waals surface area contributed by atoms with Crippen LogP contribution in [0.1, 0.15) is 31.0 Å². The maximum atomic E-state index is 13.4. The van der Waals surface area contributed by atoms with E-state index >= 15 is 0 Å². The second-order valence-electron chi connectivity index (χ2n) is 7.17. The number of thiocarbonyl (C=S) groups is 1. The van der Waals surface area contributed by atoms with Crippen molar-refractivity contribution < 1.29 is 18.0 Å². The van der Waals surface area contributed by atoms with Gasteiger partial charge in [-0.2, -0.15) is 23.5 Å². The molecule has 1 aliphatic rings. The lowest BCUT2D eigenvalue weighted by molar-refractivity contribution is -0.138. The molecule has 0 radical (unpaired) electrons. The molecule has 0 bridgehead atoms. The zero-order valence-electron chi connectivity index (χ0n) is 16.9. The average Bonchev–Trinajstić information content (AvgIpc) is 3.11. The number of alkyl halides is 3. The van der Waals surface area contributed by atoms with Crippen LogP contribution in [0.4, 0.5) is 24.5 Å². The Balaban J connectivity index is 1.76. The van der Waals surface area contributed by atoms with E-state index in [0.717, 1.165) is 28.1 Å². The molecule has 1 aromatic carbocycles. The van der Waals surface area contributed by atoms with Crippen LogP contribution in [-0.2, 0) is 17.5 Å². The third kappa shape index (κ3) is 3.78. The van der Waals surface area contributed by atoms with E-state index in [0.29, 0.717) is 25.2 Å². The summed E-state index contributed by atoms with van der Waals surface area (Å²) in [6.45, 7) is 3.11. The Bertz CT molecular complexity index is 1260. The SMILES string of the molecule is CCn1ncc2cc(N3CCCC(=O)N(c4cnc(C#N)c(C(F)(F)F)c4)C3=S)ccc21. The van der Waals surface area contributed by atoms with Gasteiger partial charge < -0.3 is 4.90 Å². The molecule has 0 N–H and O–H groups in total. The fraction of sp³-hybridized carbons (Fsp3) is 0.286. The molecular weight excluding hydrogens is 441 g/mol. The topological polar surface area (TPSA) is 78.1 Å². The van der Waals surface area contributed by atoms with Gasteiger partial charge in [0.1, 0.15) is 6.07 Å². The normalized spacial score (nSPS) is 15.2. The van der Waals surface area contributed by atoms with E-state index < -0.39 is 23.3 Å². The lowest BCUT2D eigenvalue weighted by Gasteiger charge is -2.30. The Morgan fingerprint density at radius 1 is 1.22 bits per heavy atom. The van der Waals surface area contributed by atoms with E-state index in [-0.39, 0.29) is 17.2 Å². The second kappa shape index (κ2) is 8.20. The summed E-state index contributed by atoms with van der Waals surface area (Å²) in [5.41, 5.74) is -0.452. The highest BCUT2D eigenvalue weighted by molar-refractivity contribution is 7.81. The van der Waals surface area contributed by atoms with Crippen LogP contribution in [0.15, 0.2) is 36.7 Å². The summed E-state index contributed by atoms with van der Waals surface area (Å²) in [5, 5.41) is 14.2. The number of pyridine rings is 1. The van der Waals surface area contributed by atoms with E-state index in [1.54, 1.807) is 11.1 Å². The summed E-state index contributed by atoms with van der Waals surface area (Å²) < 4.78 is 42.1. The molecule has 0 spiro atoms. The number of nitriles is 1. The third-order valence-electron chi connectivity index (χ3n) is 5.22. The lowest BCUT2D eigenvalue weighted by atomic mass is 10.1. The van der Waals surface area contributed by atoms with Crippen molar-refractivity contribution in [2.24, 2.45) is 0 Å². The number of carbonyl (C=O) groups is 1. The molecule has 2 aromatic heterocycles. The molecule has 32 heavy (non-hydrogen) atoms. The first-order chi connectivity index (χ1) is 15.2. The van der Waals surface area contributed by atoms with Crippen LogP contribution < -0.4 is 9.80 Å². The first-order valence-electron chi connectivity index (χ1n) is 9.82. The Hall–Kier alpha value is -3.52. The first kappa shape index (κ1) is 21.7. The highest BCUT2D eigenvalue weighted by Gasteiger charge is 2.37. The highest BCUT2D eigenvalue weighted by atomic mass is 32.1. The number of hydrogen-bond acceptors (Lipinski definition) is 5. The smallest absolute Gasteiger partial charge is 0.318 e. The minimum Gasteiger partial charge on any atom is -0.318 e. The molecule has 4 rings (SSSR count). The zero-order chi connectivity index (χ0) is 23.0. The quantitative estimate of drug-likeness (QED) is 0.546. The molecule has 0 atom stereocenters. The number of hydrogen-bond donors (Lipinski definition) is 0. The summed E-state index contributed by atoms with van der Waals surface area (Å²) in [5.74, 6) is -0.433. The molecule has 3 heterocycles. The van der Waals surface area contributed by atoms with Crippen LogP contribution in [0, 0.1) is 11.3 Å². The summed E-state index contributed by atoms with van der Waals surface area (Å²) in [6.07, 6.45) is -1.43. The molecule has 3 aromatic rings. The van der Waals surface area contributed by atoms with Crippen molar-refractivity contribution in [2.45, 2.75) is 32.5 Å². The van der Waals surface area contributed by atoms with Gasteiger partial charge in [-0.1, -0.05) is 0 Å². The summed E-state index contributed by atoms with van der Waals surface area (Å²) in [6, 6.07) is 7.80. The van der Waals surface area contributed by atoms with Gasteiger partial charge in [0.25, 0.3) is 0 Å². The fourth-order valence-corrected chi connectivity index (χ4v) is 4.10. The molecule has 1 amide bonds. The maximum Gasteiger partial charge on any atom is 0.419 e. The zero-order valence-corrected chi connectivity index (χ0v) is 17.7. The second-order valence-corrected chi connectivity index (χ2v) is 7.53. The Kier molecular flexibility index (Phi) is 5.56. The molecular formula is C21H17F3N6OS. The number of aryl methyl sites for hydroxylation is 1. The molecule has 0 saturated carbocycles. The monoisotopic (exact) mass is 458 g/mol. The van der Waals surface area contributed by atoms with Crippen LogP contribution in [0.3, 0.4) is 0 Å². The minimum absolute atomic E-state index is 0.0503. The predicted molar refractivity (Wildman–Crippen MR) is 116 cm³/mol. The highest BCUT2D eigenvalue weighted by Crippen LogP contribution is 2.35. The molecule has 11 heteroatoms. The Morgan fingerprint density at radius 3 is 2.69 bits per heavy atom. The number of fused-ring (bicyclic) bond motifs is 1. The molecule has 7 nitrogen and oxygen atoms in total. The van der Waals surface area contributed by atoms with Crippen molar-refractivity contribution in [2.75, 3.05) is 16.3 Å². The molecule has 0 aliphatic carbocycles. The van der Waals surface area contributed by atoms with Gasteiger partial charge in [-0.25, -0.2) is 4.98 Å². The average molecular weight is 458 g/mol. The van der Waals surface area contributed by atoms with Gasteiger partial charge in [0, 0.05) is 30.6 Å². The minimum atomic E-state index is -4.80. The number of nitrogens with zero attached hydrogens (tertiary/aromatic N) is 6. The number of aromatic nitrogens is 3. The number of anilines is 2. The number of benzene rings is 1. The largest absolute Gasteiger partial charge is 0.419 e. The fourth-order valence-electron chi connectivity index (χ4n) is 3.69. The van der Waals surface area contributed by atoms with E-state index in [9.17, 15) is 18.0 Å². The number of amides is 1. The van der Waals surface area contributed by atoms with E-state index in [2.05, 4.69) is 10.1 Å². The third-order valence-corrected chi connectivity index (χ3v) is 5.63. The van der Waals surface area contributed by atoms with Gasteiger partial charge in [0.15, 0.2) is 10.8 Å². The van der Waals surface area contributed by atoms with Crippen LogP contribution >= 0.6 is 12.2 Å². The van der Waals surface area contributed by atoms with E-state index in [4.69, 9.17) is 17.5 Å². The molecule has 1 aliphatic heterocycles. The van der Waals surface area contributed by atoms with Crippen molar-refractivity contribution in [1.82, 2.24) is 14.8 Å². The van der Waals surface area contributed by atoms with Crippen LogP contribution in [0.5, 0.6) is 0 Å². The van der Waals surface area contributed by atoms with Crippen molar-refractivity contribution in [1.29, 1.82) is 5.26 Å². The van der Waals surface area contributed by atoms with Crippen molar-refractivity contribution in [3.05, 3.63) is 47.9 Å². The number of carbonyl (C=O) groups excluding carboxylic acids is 1. The maximum absolute atomic E-state index is 13.4. The van der Waals surface area contributed by atoms with Gasteiger partial charge in [-0.3, -0.25) is 14.4 Å². The van der Waals surface area contributed by atoms with E-state index in [1.807, 2.05) is 29.8 Å². The van der Waals surface area contributed by atoms with Gasteiger partial charge in [-0.05, 0) is 49.8 Å². The van der Waals surface area contributed by atoms with Crippen molar-refractivity contribution in [3.8, 4) is 6.07 Å². The lowest BCUT2D eigenvalue weighted by Crippen LogP contribution is -2.44. The first-order valence-corrected chi connectivity index (χ1v) is 10.2. The Labute approximate surface area is 186 Å². The molecule has 0 unspecified atom stereocenters. The molecule has 1 saturated heterocycles.